The largest absolute Gasteiger partial charge is 0.464 e. The number of ether oxygens (including phenoxy) is 3. The van der Waals surface area contributed by atoms with Crippen LogP contribution in [0.25, 0.3) is 0 Å². The molecule has 0 heterocycles. The number of benzene rings is 1. The highest BCUT2D eigenvalue weighted by molar-refractivity contribution is 5.82. The lowest BCUT2D eigenvalue weighted by Crippen LogP contribution is -2.52. The topological polar surface area (TPSA) is 94.1 Å². The van der Waals surface area contributed by atoms with Crippen molar-refractivity contribution in [1.82, 2.24) is 5.32 Å². The molecule has 0 aliphatic rings. The monoisotopic (exact) mass is 353 g/mol. The van der Waals surface area contributed by atoms with E-state index in [9.17, 15) is 14.7 Å². The minimum Gasteiger partial charge on any atom is -0.464 e. The third-order valence-electron chi connectivity index (χ3n) is 3.00. The molecule has 0 spiro atoms. The zero-order valence-electron chi connectivity index (χ0n) is 15.2. The van der Waals surface area contributed by atoms with E-state index in [4.69, 9.17) is 14.2 Å². The summed E-state index contributed by atoms with van der Waals surface area (Å²) in [4.78, 5) is 23.9. The Balaban J connectivity index is 2.61. The van der Waals surface area contributed by atoms with Gasteiger partial charge in [0.05, 0.1) is 19.8 Å². The van der Waals surface area contributed by atoms with Gasteiger partial charge in [-0.15, -0.1) is 0 Å². The van der Waals surface area contributed by atoms with Crippen molar-refractivity contribution in [3.05, 3.63) is 35.9 Å². The predicted octanol–water partition coefficient (Wildman–Crippen LogP) is 2.02. The Hall–Kier alpha value is -2.12. The summed E-state index contributed by atoms with van der Waals surface area (Å²) in [5.74, 6) is -0.746. The molecule has 0 saturated heterocycles. The minimum atomic E-state index is -1.27. The number of aliphatic hydroxyl groups is 1. The number of carbonyl (C=O) groups is 2. The normalized spacial score (nSPS) is 13.6. The highest BCUT2D eigenvalue weighted by atomic mass is 16.6. The Morgan fingerprint density at radius 1 is 1.20 bits per heavy atom. The van der Waals surface area contributed by atoms with Crippen molar-refractivity contribution in [1.29, 1.82) is 0 Å². The summed E-state index contributed by atoms with van der Waals surface area (Å²) in [5, 5.41) is 12.6. The van der Waals surface area contributed by atoms with Crippen LogP contribution in [0.3, 0.4) is 0 Å². The molecule has 0 aliphatic carbocycles. The number of rotatable bonds is 8. The molecular weight excluding hydrogens is 326 g/mol. The summed E-state index contributed by atoms with van der Waals surface area (Å²) < 4.78 is 15.4. The summed E-state index contributed by atoms with van der Waals surface area (Å²) in [7, 11) is 0. The van der Waals surface area contributed by atoms with Crippen LogP contribution >= 0.6 is 0 Å². The van der Waals surface area contributed by atoms with Gasteiger partial charge in [-0.3, -0.25) is 0 Å². The van der Waals surface area contributed by atoms with E-state index in [-0.39, 0.29) is 19.8 Å². The quantitative estimate of drug-likeness (QED) is 0.695. The van der Waals surface area contributed by atoms with Gasteiger partial charge in [0, 0.05) is 0 Å². The molecule has 1 aromatic rings. The molecule has 7 heteroatoms. The molecule has 0 radical (unpaired) electrons. The second kappa shape index (κ2) is 10.0. The maximum atomic E-state index is 12.0. The third kappa shape index (κ3) is 8.51. The summed E-state index contributed by atoms with van der Waals surface area (Å²) in [6, 6.07) is 8.13. The van der Waals surface area contributed by atoms with Crippen LogP contribution in [-0.4, -0.2) is 48.1 Å². The lowest BCUT2D eigenvalue weighted by atomic mass is 10.1. The van der Waals surface area contributed by atoms with Crippen molar-refractivity contribution in [2.75, 3.05) is 13.2 Å². The van der Waals surface area contributed by atoms with E-state index >= 15 is 0 Å². The Morgan fingerprint density at radius 2 is 1.84 bits per heavy atom. The van der Waals surface area contributed by atoms with Gasteiger partial charge in [0.2, 0.25) is 0 Å². The van der Waals surface area contributed by atoms with E-state index in [1.54, 1.807) is 27.7 Å². The average Bonchev–Trinajstić information content (AvgIpc) is 2.52. The molecule has 0 aromatic heterocycles. The number of amides is 1. The van der Waals surface area contributed by atoms with E-state index in [1.165, 1.54) is 0 Å². The van der Waals surface area contributed by atoms with Crippen LogP contribution in [0.4, 0.5) is 4.79 Å². The maximum absolute atomic E-state index is 12.0. The number of hydrogen-bond acceptors (Lipinski definition) is 6. The van der Waals surface area contributed by atoms with Crippen molar-refractivity contribution in [3.8, 4) is 0 Å². The highest BCUT2D eigenvalue weighted by Crippen LogP contribution is 2.09. The van der Waals surface area contributed by atoms with Gasteiger partial charge >= 0.3 is 12.1 Å². The lowest BCUT2D eigenvalue weighted by molar-refractivity contribution is -0.150. The second-order valence-corrected chi connectivity index (χ2v) is 6.44. The van der Waals surface area contributed by atoms with Crippen LogP contribution in [0.2, 0.25) is 0 Å². The van der Waals surface area contributed by atoms with E-state index in [1.807, 2.05) is 30.3 Å². The van der Waals surface area contributed by atoms with Crippen LogP contribution in [0, 0.1) is 0 Å². The first-order valence-corrected chi connectivity index (χ1v) is 8.19. The highest BCUT2D eigenvalue weighted by Gasteiger charge is 2.31. The van der Waals surface area contributed by atoms with Crippen molar-refractivity contribution < 1.29 is 28.9 Å². The van der Waals surface area contributed by atoms with Crippen LogP contribution in [0.1, 0.15) is 33.3 Å². The first kappa shape index (κ1) is 20.9. The number of aliphatic hydroxyl groups excluding tert-OH is 1. The Labute approximate surface area is 148 Å². The molecule has 7 nitrogen and oxygen atoms in total. The van der Waals surface area contributed by atoms with Gasteiger partial charge in [-0.2, -0.15) is 0 Å². The van der Waals surface area contributed by atoms with E-state index in [0.29, 0.717) is 0 Å². The van der Waals surface area contributed by atoms with E-state index < -0.39 is 29.8 Å². The molecule has 0 aliphatic heterocycles. The van der Waals surface area contributed by atoms with Crippen molar-refractivity contribution in [2.45, 2.75) is 52.0 Å². The molecule has 140 valence electrons. The fraction of sp³-hybridized carbons (Fsp3) is 0.556. The summed E-state index contributed by atoms with van der Waals surface area (Å²) in [6.07, 6.45) is -2.08. The van der Waals surface area contributed by atoms with Crippen LogP contribution in [-0.2, 0) is 25.6 Å². The van der Waals surface area contributed by atoms with Crippen molar-refractivity contribution >= 4 is 12.1 Å². The van der Waals surface area contributed by atoms with Gasteiger partial charge in [0.15, 0.2) is 6.04 Å². The summed E-state index contributed by atoms with van der Waals surface area (Å²) in [6.45, 7) is 7.00. The first-order chi connectivity index (χ1) is 11.7. The number of nitrogens with one attached hydrogen (secondary N) is 1. The van der Waals surface area contributed by atoms with E-state index in [2.05, 4.69) is 5.32 Å². The molecule has 25 heavy (non-hydrogen) atoms. The lowest BCUT2D eigenvalue weighted by Gasteiger charge is -2.25. The Kier molecular flexibility index (Phi) is 8.37. The standard InChI is InChI=1S/C18H27NO6/c1-5-24-16(21)15(19-17(22)25-18(2,3)4)14(20)12-23-11-13-9-7-6-8-10-13/h6-10,14-15,20H,5,11-12H2,1-4H3,(H,19,22)/t14-,15-/m0/s1. The number of alkyl carbamates (subject to hydrolysis) is 1. The molecule has 2 atom stereocenters. The van der Waals surface area contributed by atoms with E-state index in [0.717, 1.165) is 5.56 Å². The fourth-order valence-corrected chi connectivity index (χ4v) is 1.95. The molecule has 0 bridgehead atoms. The first-order valence-electron chi connectivity index (χ1n) is 8.19. The predicted molar refractivity (Wildman–Crippen MR) is 91.9 cm³/mol. The molecule has 0 saturated carbocycles. The smallest absolute Gasteiger partial charge is 0.408 e. The fourth-order valence-electron chi connectivity index (χ4n) is 1.95. The average molecular weight is 353 g/mol. The number of carbonyl (C=O) groups excluding carboxylic acids is 2. The third-order valence-corrected chi connectivity index (χ3v) is 3.00. The van der Waals surface area contributed by atoms with Gasteiger partial charge in [0.25, 0.3) is 0 Å². The number of esters is 1. The molecular formula is C18H27NO6. The van der Waals surface area contributed by atoms with Crippen LogP contribution in [0.15, 0.2) is 30.3 Å². The van der Waals surface area contributed by atoms with Crippen LogP contribution in [0.5, 0.6) is 0 Å². The molecule has 0 unspecified atom stereocenters. The second-order valence-electron chi connectivity index (χ2n) is 6.44. The van der Waals surface area contributed by atoms with Crippen molar-refractivity contribution in [2.24, 2.45) is 0 Å². The summed E-state index contributed by atoms with van der Waals surface area (Å²) in [5.41, 5.74) is 0.209. The molecule has 1 amide bonds. The zero-order chi connectivity index (χ0) is 18.9. The molecule has 2 N–H and O–H groups in total. The van der Waals surface area contributed by atoms with Gasteiger partial charge in [0.1, 0.15) is 11.7 Å². The summed E-state index contributed by atoms with van der Waals surface area (Å²) >= 11 is 0. The Morgan fingerprint density at radius 3 is 2.40 bits per heavy atom. The maximum Gasteiger partial charge on any atom is 0.408 e. The van der Waals surface area contributed by atoms with Gasteiger partial charge < -0.3 is 24.6 Å². The van der Waals surface area contributed by atoms with Gasteiger partial charge in [-0.1, -0.05) is 30.3 Å². The minimum absolute atomic E-state index is 0.128. The molecule has 0 fully saturated rings. The zero-order valence-corrected chi connectivity index (χ0v) is 15.2. The van der Waals surface area contributed by atoms with Gasteiger partial charge in [-0.05, 0) is 33.3 Å². The van der Waals surface area contributed by atoms with Crippen LogP contribution < -0.4 is 5.32 Å². The van der Waals surface area contributed by atoms with Crippen molar-refractivity contribution in [3.63, 3.8) is 0 Å². The molecule has 1 rings (SSSR count). The number of hydrogen-bond donors (Lipinski definition) is 2. The molecule has 1 aromatic carbocycles. The Bertz CT molecular complexity index is 540. The van der Waals surface area contributed by atoms with Gasteiger partial charge in [-0.25, -0.2) is 9.59 Å². The SMILES string of the molecule is CCOC(=O)[C@@H](NC(=O)OC(C)(C)C)[C@@H](O)COCc1ccccc1.